The Bertz CT molecular complexity index is 1540. The smallest absolute Gasteiger partial charge is 0.220 e. The number of aliphatic hydroxyl groups excluding tert-OH is 8. The van der Waals surface area contributed by atoms with E-state index in [-0.39, 0.29) is 18.9 Å². The van der Waals surface area contributed by atoms with E-state index in [0.717, 1.165) is 38.5 Å². The van der Waals surface area contributed by atoms with Gasteiger partial charge in [-0.25, -0.2) is 0 Å². The van der Waals surface area contributed by atoms with Crippen molar-refractivity contribution in [2.24, 2.45) is 0 Å². The predicted molar refractivity (Wildman–Crippen MR) is 327 cm³/mol. The van der Waals surface area contributed by atoms with Crippen molar-refractivity contribution in [3.8, 4) is 0 Å². The number of aliphatic hydroxyl groups is 8. The zero-order valence-electron chi connectivity index (χ0n) is 51.3. The highest BCUT2D eigenvalue weighted by atomic mass is 16.7. The average Bonchev–Trinajstić information content (AvgIpc) is 3.47. The van der Waals surface area contributed by atoms with E-state index in [9.17, 15) is 45.6 Å². The molecule has 0 bridgehead atoms. The number of unbranched alkanes of at least 4 members (excludes halogenated alkanes) is 35. The first-order valence-corrected chi connectivity index (χ1v) is 33.4. The molecule has 2 saturated heterocycles. The number of amides is 1. The van der Waals surface area contributed by atoms with Crippen LogP contribution < -0.4 is 5.32 Å². The second-order valence-electron chi connectivity index (χ2n) is 23.6. The highest BCUT2D eigenvalue weighted by molar-refractivity contribution is 5.76. The Morgan fingerprint density at radius 2 is 0.827 bits per heavy atom. The van der Waals surface area contributed by atoms with Gasteiger partial charge in [-0.3, -0.25) is 4.79 Å². The molecular weight excluding hydrogens is 1030 g/mol. The summed E-state index contributed by atoms with van der Waals surface area (Å²) in [5, 5.41) is 87.3. The summed E-state index contributed by atoms with van der Waals surface area (Å²) in [5.74, 6) is -0.249. The number of nitrogens with one attached hydrogen (secondary N) is 1. The van der Waals surface area contributed by atoms with Crippen molar-refractivity contribution in [2.75, 3.05) is 19.8 Å². The van der Waals surface area contributed by atoms with E-state index in [4.69, 9.17) is 18.9 Å². The summed E-state index contributed by atoms with van der Waals surface area (Å²) < 4.78 is 22.8. The van der Waals surface area contributed by atoms with Gasteiger partial charge in [-0.2, -0.15) is 0 Å². The van der Waals surface area contributed by atoms with E-state index in [1.807, 2.05) is 6.08 Å². The van der Waals surface area contributed by atoms with Gasteiger partial charge in [0.15, 0.2) is 12.6 Å². The molecule has 2 rings (SSSR count). The largest absolute Gasteiger partial charge is 0.394 e. The van der Waals surface area contributed by atoms with Gasteiger partial charge in [-0.05, 0) is 64.2 Å². The normalized spacial score (nSPS) is 24.4. The molecule has 14 heteroatoms. The Hall–Kier alpha value is -2.05. The lowest BCUT2D eigenvalue weighted by Crippen LogP contribution is -2.65. The number of allylic oxidation sites excluding steroid dienone is 7. The minimum atomic E-state index is -1.79. The van der Waals surface area contributed by atoms with Gasteiger partial charge < -0.3 is 65.1 Å². The van der Waals surface area contributed by atoms with Crippen LogP contribution in [-0.2, 0) is 23.7 Å². The Kier molecular flexibility index (Phi) is 48.5. The van der Waals surface area contributed by atoms with E-state index in [1.54, 1.807) is 6.08 Å². The van der Waals surface area contributed by atoms with Crippen molar-refractivity contribution < 1.29 is 64.6 Å². The minimum absolute atomic E-state index is 0.249. The van der Waals surface area contributed by atoms with E-state index in [0.29, 0.717) is 12.8 Å². The first-order valence-electron chi connectivity index (χ1n) is 33.4. The van der Waals surface area contributed by atoms with Crippen LogP contribution in [0.3, 0.4) is 0 Å². The molecule has 2 heterocycles. The van der Waals surface area contributed by atoms with Crippen molar-refractivity contribution in [1.29, 1.82) is 0 Å². The van der Waals surface area contributed by atoms with Crippen molar-refractivity contribution >= 4 is 5.91 Å². The molecule has 12 atom stereocenters. The molecular formula is C67H123NO13. The minimum Gasteiger partial charge on any atom is -0.394 e. The van der Waals surface area contributed by atoms with E-state index in [2.05, 4.69) is 55.6 Å². The van der Waals surface area contributed by atoms with Crippen molar-refractivity contribution in [3.05, 3.63) is 48.6 Å². The first-order chi connectivity index (χ1) is 39.6. The van der Waals surface area contributed by atoms with Crippen LogP contribution in [-0.4, -0.2) is 140 Å². The Morgan fingerprint density at radius 1 is 0.444 bits per heavy atom. The molecule has 0 radical (unpaired) electrons. The summed E-state index contributed by atoms with van der Waals surface area (Å²) in [5.41, 5.74) is 0. The van der Waals surface area contributed by atoms with Crippen LogP contribution in [0, 0.1) is 0 Å². The number of carbonyl (C=O) groups is 1. The molecule has 0 aromatic heterocycles. The highest BCUT2D eigenvalue weighted by Crippen LogP contribution is 2.30. The average molecular weight is 1150 g/mol. The van der Waals surface area contributed by atoms with E-state index >= 15 is 0 Å². The van der Waals surface area contributed by atoms with Crippen LogP contribution >= 0.6 is 0 Å². The van der Waals surface area contributed by atoms with Gasteiger partial charge in [0.2, 0.25) is 5.91 Å². The molecule has 0 aromatic carbocycles. The zero-order chi connectivity index (χ0) is 58.8. The standard InChI is InChI=1S/C67H123NO13/c1-3-5-7-9-11-13-15-17-19-21-23-25-27-29-30-32-34-36-38-40-42-44-46-48-50-56(71)55(54-78-66-64(77)62(75)65(58(53-70)80-66)81-67-63(76)61(74)60(73)57(52-69)79-67)68-59(72)51-49-47-45-43-41-39-37-35-33-31-28-26-24-22-20-18-16-14-12-10-8-6-4-2/h16,18,22,24,40,42,48,50,55-58,60-67,69-71,73-77H,3-15,17,19-21,23,25-39,41,43-47,49,51-54H2,1-2H3,(H,68,72)/b18-16-,24-22-,42-40+,50-48+. The van der Waals surface area contributed by atoms with Gasteiger partial charge in [0.1, 0.15) is 48.8 Å². The molecule has 2 aliphatic rings. The molecule has 0 aliphatic carbocycles. The fraction of sp³-hybridized carbons (Fsp3) is 0.866. The summed E-state index contributed by atoms with van der Waals surface area (Å²) in [7, 11) is 0. The van der Waals surface area contributed by atoms with Gasteiger partial charge in [0, 0.05) is 6.42 Å². The van der Waals surface area contributed by atoms with Crippen LogP contribution in [0.15, 0.2) is 48.6 Å². The lowest BCUT2D eigenvalue weighted by atomic mass is 9.97. The fourth-order valence-corrected chi connectivity index (χ4v) is 10.9. The quantitative estimate of drug-likeness (QED) is 0.0204. The molecule has 9 N–H and O–H groups in total. The third-order valence-electron chi connectivity index (χ3n) is 16.2. The topological polar surface area (TPSA) is 228 Å². The number of ether oxygens (including phenoxy) is 4. The number of rotatable bonds is 54. The van der Waals surface area contributed by atoms with Crippen LogP contribution in [0.2, 0.25) is 0 Å². The van der Waals surface area contributed by atoms with Crippen LogP contribution in [0.25, 0.3) is 0 Å². The van der Waals surface area contributed by atoms with Gasteiger partial charge in [-0.1, -0.05) is 255 Å². The van der Waals surface area contributed by atoms with Crippen LogP contribution in [0.5, 0.6) is 0 Å². The Balaban J connectivity index is 1.73. The molecule has 1 amide bonds. The third kappa shape index (κ3) is 37.2. The molecule has 12 unspecified atom stereocenters. The molecule has 81 heavy (non-hydrogen) atoms. The summed E-state index contributed by atoms with van der Waals surface area (Å²) in [6.45, 7) is 2.80. The second-order valence-corrected chi connectivity index (χ2v) is 23.6. The monoisotopic (exact) mass is 1150 g/mol. The predicted octanol–water partition coefficient (Wildman–Crippen LogP) is 12.7. The molecule has 474 valence electrons. The van der Waals surface area contributed by atoms with Crippen molar-refractivity contribution in [1.82, 2.24) is 5.32 Å². The third-order valence-corrected chi connectivity index (χ3v) is 16.2. The second kappa shape index (κ2) is 52.3. The van der Waals surface area contributed by atoms with Crippen LogP contribution in [0.1, 0.15) is 277 Å². The Labute approximate surface area is 493 Å². The maximum atomic E-state index is 13.3. The lowest BCUT2D eigenvalue weighted by molar-refractivity contribution is -0.359. The molecule has 0 aromatic rings. The van der Waals surface area contributed by atoms with Crippen molar-refractivity contribution in [2.45, 2.75) is 351 Å². The number of hydrogen-bond donors (Lipinski definition) is 9. The SMILES string of the molecule is CCCCCCC/C=C\C/C=C\CCCCCCCCCCCCCC(=O)NC(COC1OC(CO)C(OC2OC(CO)C(O)C(O)C2O)C(O)C1O)C(O)/C=C/CC/C=C/CCCCCCCCCCCCCCCCCCCC. The fourth-order valence-electron chi connectivity index (χ4n) is 10.9. The van der Waals surface area contributed by atoms with Gasteiger partial charge in [0.25, 0.3) is 0 Å². The van der Waals surface area contributed by atoms with E-state index in [1.165, 1.54) is 205 Å². The lowest BCUT2D eigenvalue weighted by Gasteiger charge is -2.46. The number of carbonyl (C=O) groups excluding carboxylic acids is 1. The molecule has 14 nitrogen and oxygen atoms in total. The van der Waals surface area contributed by atoms with Gasteiger partial charge in [0.05, 0.1) is 32.0 Å². The van der Waals surface area contributed by atoms with Gasteiger partial charge >= 0.3 is 0 Å². The summed E-state index contributed by atoms with van der Waals surface area (Å²) in [6, 6.07) is -0.934. The van der Waals surface area contributed by atoms with E-state index < -0.39 is 86.8 Å². The maximum absolute atomic E-state index is 13.3. The summed E-state index contributed by atoms with van der Waals surface area (Å²) in [4.78, 5) is 13.3. The molecule has 0 spiro atoms. The number of hydrogen-bond acceptors (Lipinski definition) is 13. The first kappa shape index (κ1) is 75.0. The molecule has 2 aliphatic heterocycles. The molecule has 0 saturated carbocycles. The maximum Gasteiger partial charge on any atom is 0.220 e. The zero-order valence-corrected chi connectivity index (χ0v) is 51.3. The van der Waals surface area contributed by atoms with Crippen molar-refractivity contribution in [3.63, 3.8) is 0 Å². The highest BCUT2D eigenvalue weighted by Gasteiger charge is 2.51. The summed E-state index contributed by atoms with van der Waals surface area (Å²) in [6.07, 6.45) is 50.1. The molecule has 2 fully saturated rings. The van der Waals surface area contributed by atoms with Gasteiger partial charge in [-0.15, -0.1) is 0 Å². The Morgan fingerprint density at radius 3 is 1.28 bits per heavy atom. The summed E-state index contributed by atoms with van der Waals surface area (Å²) >= 11 is 0. The van der Waals surface area contributed by atoms with Crippen LogP contribution in [0.4, 0.5) is 0 Å².